The van der Waals surface area contributed by atoms with Crippen molar-refractivity contribution in [2.75, 3.05) is 25.6 Å². The van der Waals surface area contributed by atoms with Gasteiger partial charge in [0.25, 0.3) is 0 Å². The van der Waals surface area contributed by atoms with Gasteiger partial charge in [0.05, 0.1) is 7.11 Å². The maximum absolute atomic E-state index is 11.4. The maximum Gasteiger partial charge on any atom is 0.329 e. The zero-order valence-electron chi connectivity index (χ0n) is 10.0. The Morgan fingerprint density at radius 1 is 1.50 bits per heavy atom. The Balaban J connectivity index is 2.20. The van der Waals surface area contributed by atoms with Gasteiger partial charge in [0, 0.05) is 32.1 Å². The number of carbonyl (C=O) groups is 1. The van der Waals surface area contributed by atoms with Gasteiger partial charge in [-0.1, -0.05) is 0 Å². The second-order valence-electron chi connectivity index (χ2n) is 4.07. The van der Waals surface area contributed by atoms with Gasteiger partial charge in [0.1, 0.15) is 17.7 Å². The summed E-state index contributed by atoms with van der Waals surface area (Å²) in [5, 5.41) is 12.3. The second kappa shape index (κ2) is 5.18. The minimum atomic E-state index is -1.03. The number of aromatic nitrogens is 2. The molecular formula is C11H15N3O4. The third kappa shape index (κ3) is 2.51. The Bertz CT molecular complexity index is 432. The lowest BCUT2D eigenvalue weighted by Crippen LogP contribution is -2.50. The smallest absolute Gasteiger partial charge is 0.329 e. The Kier molecular flexibility index (Phi) is 3.61. The first-order valence-corrected chi connectivity index (χ1v) is 5.62. The number of methoxy groups -OCH3 is 1. The van der Waals surface area contributed by atoms with Crippen molar-refractivity contribution >= 4 is 11.8 Å². The normalized spacial score (nSPS) is 18.1. The molecule has 0 unspecified atom stereocenters. The molecule has 7 heteroatoms. The highest BCUT2D eigenvalue weighted by Crippen LogP contribution is 2.26. The van der Waals surface area contributed by atoms with E-state index in [1.165, 1.54) is 13.4 Å². The number of carboxylic acids is 1. The summed E-state index contributed by atoms with van der Waals surface area (Å²) in [5.41, 5.74) is -1.03. The fraction of sp³-hybridized carbons (Fsp3) is 0.545. The van der Waals surface area contributed by atoms with E-state index in [2.05, 4.69) is 15.3 Å². The van der Waals surface area contributed by atoms with Crippen LogP contribution in [-0.2, 0) is 9.53 Å². The third-order valence-corrected chi connectivity index (χ3v) is 2.97. The fourth-order valence-electron chi connectivity index (χ4n) is 1.88. The van der Waals surface area contributed by atoms with Crippen LogP contribution in [0.4, 0.5) is 5.82 Å². The Morgan fingerprint density at radius 2 is 2.22 bits per heavy atom. The van der Waals surface area contributed by atoms with Crippen molar-refractivity contribution in [3.05, 3.63) is 12.4 Å². The molecule has 0 bridgehead atoms. The van der Waals surface area contributed by atoms with Crippen LogP contribution >= 0.6 is 0 Å². The molecule has 0 amide bonds. The largest absolute Gasteiger partial charge is 0.481 e. The number of rotatable bonds is 4. The maximum atomic E-state index is 11.4. The van der Waals surface area contributed by atoms with E-state index in [4.69, 9.17) is 9.47 Å². The van der Waals surface area contributed by atoms with E-state index in [0.29, 0.717) is 37.8 Å². The molecule has 98 valence electrons. The summed E-state index contributed by atoms with van der Waals surface area (Å²) in [5.74, 6) is -0.0744. The lowest BCUT2D eigenvalue weighted by molar-refractivity contribution is -0.145. The molecule has 1 fully saturated rings. The molecule has 0 spiro atoms. The van der Waals surface area contributed by atoms with Gasteiger partial charge >= 0.3 is 5.97 Å². The van der Waals surface area contributed by atoms with Crippen molar-refractivity contribution in [2.45, 2.75) is 18.4 Å². The van der Waals surface area contributed by atoms with Gasteiger partial charge < -0.3 is 19.9 Å². The van der Waals surface area contributed by atoms with E-state index in [-0.39, 0.29) is 0 Å². The van der Waals surface area contributed by atoms with Crippen LogP contribution in [0.15, 0.2) is 12.4 Å². The van der Waals surface area contributed by atoms with E-state index in [9.17, 15) is 9.90 Å². The number of hydrogen-bond acceptors (Lipinski definition) is 6. The minimum Gasteiger partial charge on any atom is -0.481 e. The van der Waals surface area contributed by atoms with Gasteiger partial charge in [0.2, 0.25) is 5.88 Å². The highest BCUT2D eigenvalue weighted by molar-refractivity contribution is 5.82. The van der Waals surface area contributed by atoms with Crippen molar-refractivity contribution in [3.63, 3.8) is 0 Å². The van der Waals surface area contributed by atoms with Crippen molar-refractivity contribution in [3.8, 4) is 5.88 Å². The Morgan fingerprint density at radius 3 is 2.83 bits per heavy atom. The summed E-state index contributed by atoms with van der Waals surface area (Å²) in [7, 11) is 1.49. The molecule has 0 saturated carbocycles. The minimum absolute atomic E-state index is 0.389. The third-order valence-electron chi connectivity index (χ3n) is 2.97. The molecule has 18 heavy (non-hydrogen) atoms. The number of nitrogens with zero attached hydrogens (tertiary/aromatic N) is 2. The summed E-state index contributed by atoms with van der Waals surface area (Å²) < 4.78 is 10.2. The van der Waals surface area contributed by atoms with Crippen molar-refractivity contribution in [2.24, 2.45) is 0 Å². The molecular weight excluding hydrogens is 238 g/mol. The van der Waals surface area contributed by atoms with Crippen LogP contribution in [0, 0.1) is 0 Å². The number of nitrogens with one attached hydrogen (secondary N) is 1. The predicted molar refractivity (Wildman–Crippen MR) is 62.6 cm³/mol. The highest BCUT2D eigenvalue weighted by Gasteiger charge is 2.40. The van der Waals surface area contributed by atoms with Crippen molar-refractivity contribution in [1.82, 2.24) is 9.97 Å². The van der Waals surface area contributed by atoms with Crippen LogP contribution in [-0.4, -0.2) is 46.9 Å². The quantitative estimate of drug-likeness (QED) is 0.808. The van der Waals surface area contributed by atoms with E-state index < -0.39 is 11.5 Å². The monoisotopic (exact) mass is 253 g/mol. The molecule has 1 saturated heterocycles. The van der Waals surface area contributed by atoms with Crippen LogP contribution in [0.5, 0.6) is 5.88 Å². The van der Waals surface area contributed by atoms with Gasteiger partial charge in [-0.05, 0) is 0 Å². The SMILES string of the molecule is COc1cc(NC2(C(=O)O)CCOCC2)ncn1. The first-order chi connectivity index (χ1) is 8.66. The first-order valence-electron chi connectivity index (χ1n) is 5.62. The molecule has 7 nitrogen and oxygen atoms in total. The number of anilines is 1. The van der Waals surface area contributed by atoms with E-state index in [0.717, 1.165) is 0 Å². The molecule has 0 atom stereocenters. The molecule has 1 aliphatic heterocycles. The van der Waals surface area contributed by atoms with Crippen LogP contribution in [0.3, 0.4) is 0 Å². The van der Waals surface area contributed by atoms with Crippen LogP contribution in [0.25, 0.3) is 0 Å². The zero-order chi connectivity index (χ0) is 13.0. The van der Waals surface area contributed by atoms with Gasteiger partial charge in [0.15, 0.2) is 0 Å². The van der Waals surface area contributed by atoms with Gasteiger partial charge in [-0.25, -0.2) is 14.8 Å². The van der Waals surface area contributed by atoms with Gasteiger partial charge in [-0.15, -0.1) is 0 Å². The van der Waals surface area contributed by atoms with Crippen LogP contribution < -0.4 is 10.1 Å². The number of aliphatic carboxylic acids is 1. The fourth-order valence-corrected chi connectivity index (χ4v) is 1.88. The predicted octanol–water partition coefficient (Wildman–Crippen LogP) is 0.531. The molecule has 1 aromatic rings. The molecule has 2 heterocycles. The highest BCUT2D eigenvalue weighted by atomic mass is 16.5. The molecule has 1 aliphatic rings. The lowest BCUT2D eigenvalue weighted by Gasteiger charge is -2.34. The second-order valence-corrected chi connectivity index (χ2v) is 4.07. The van der Waals surface area contributed by atoms with Crippen molar-refractivity contribution in [1.29, 1.82) is 0 Å². The summed E-state index contributed by atoms with van der Waals surface area (Å²) >= 11 is 0. The molecule has 2 rings (SSSR count). The summed E-state index contributed by atoms with van der Waals surface area (Å²) in [4.78, 5) is 19.3. The summed E-state index contributed by atoms with van der Waals surface area (Å²) in [6, 6.07) is 1.57. The molecule has 0 radical (unpaired) electrons. The van der Waals surface area contributed by atoms with Gasteiger partial charge in [-0.3, -0.25) is 0 Å². The van der Waals surface area contributed by atoms with E-state index in [1.54, 1.807) is 6.07 Å². The van der Waals surface area contributed by atoms with Crippen molar-refractivity contribution < 1.29 is 19.4 Å². The number of hydrogen-bond donors (Lipinski definition) is 2. The molecule has 0 aromatic carbocycles. The zero-order valence-corrected chi connectivity index (χ0v) is 10.0. The Labute approximate surface area is 104 Å². The Hall–Kier alpha value is -1.89. The van der Waals surface area contributed by atoms with Crippen LogP contribution in [0.1, 0.15) is 12.8 Å². The average Bonchev–Trinajstić information content (AvgIpc) is 2.40. The summed E-state index contributed by atoms with van der Waals surface area (Å²) in [6.07, 6.45) is 2.12. The number of ether oxygens (including phenoxy) is 2. The van der Waals surface area contributed by atoms with E-state index in [1.807, 2.05) is 0 Å². The summed E-state index contributed by atoms with van der Waals surface area (Å²) in [6.45, 7) is 0.836. The van der Waals surface area contributed by atoms with Gasteiger partial charge in [-0.2, -0.15) is 0 Å². The topological polar surface area (TPSA) is 93.6 Å². The molecule has 1 aromatic heterocycles. The molecule has 0 aliphatic carbocycles. The molecule has 2 N–H and O–H groups in total. The number of carboxylic acid groups (broad SMARTS) is 1. The average molecular weight is 253 g/mol. The van der Waals surface area contributed by atoms with E-state index >= 15 is 0 Å². The standard InChI is InChI=1S/C11H15N3O4/c1-17-9-6-8(12-7-13-9)14-11(10(15)16)2-4-18-5-3-11/h6-7H,2-5H2,1H3,(H,15,16)(H,12,13,14). The first kappa shape index (κ1) is 12.6. The van der Waals surface area contributed by atoms with Crippen LogP contribution in [0.2, 0.25) is 0 Å². The lowest BCUT2D eigenvalue weighted by atomic mass is 9.90.